The average molecular weight is 476 g/mol. The van der Waals surface area contributed by atoms with E-state index >= 15 is 0 Å². The lowest BCUT2D eigenvalue weighted by atomic mass is 9.99. The molecular weight excluding hydrogens is 442 g/mol. The van der Waals surface area contributed by atoms with Crippen molar-refractivity contribution in [2.24, 2.45) is 7.05 Å². The molecule has 4 rings (SSSR count). The van der Waals surface area contributed by atoms with Crippen molar-refractivity contribution in [3.8, 4) is 0 Å². The third kappa shape index (κ3) is 6.05. The maximum atomic E-state index is 13.3. The van der Waals surface area contributed by atoms with Crippen molar-refractivity contribution >= 4 is 23.3 Å². The first-order chi connectivity index (χ1) is 16.8. The molecule has 2 aromatic heterocycles. The average Bonchev–Trinajstić information content (AvgIpc) is 3.27. The van der Waals surface area contributed by atoms with Crippen molar-refractivity contribution in [3.05, 3.63) is 71.7 Å². The Hall–Kier alpha value is -3.72. The molecule has 35 heavy (non-hydrogen) atoms. The van der Waals surface area contributed by atoms with Gasteiger partial charge in [0.1, 0.15) is 11.9 Å². The number of carbonyl (C=O) groups excluding carboxylic acids is 2. The van der Waals surface area contributed by atoms with Gasteiger partial charge in [-0.1, -0.05) is 36.8 Å². The lowest BCUT2D eigenvalue weighted by molar-refractivity contribution is -0.129. The fourth-order valence-electron chi connectivity index (χ4n) is 4.08. The molecule has 2 amide bonds. The van der Waals surface area contributed by atoms with Crippen LogP contribution < -0.4 is 15.5 Å². The van der Waals surface area contributed by atoms with E-state index < -0.39 is 6.04 Å². The SMILES string of the molecule is Cc1ccc([C@@H](C)CN[C@@H](C(=O)Nc2ccc(N3CCN(C)C(=O)C3)cn2)c2cnn(C)c2)cc1. The van der Waals surface area contributed by atoms with Gasteiger partial charge in [-0.25, -0.2) is 4.98 Å². The van der Waals surface area contributed by atoms with Crippen molar-refractivity contribution in [3.63, 3.8) is 0 Å². The third-order valence-corrected chi connectivity index (χ3v) is 6.42. The molecule has 3 heterocycles. The van der Waals surface area contributed by atoms with Gasteiger partial charge in [-0.15, -0.1) is 0 Å². The van der Waals surface area contributed by atoms with Gasteiger partial charge in [-0.3, -0.25) is 14.3 Å². The van der Waals surface area contributed by atoms with E-state index in [-0.39, 0.29) is 17.7 Å². The lowest BCUT2D eigenvalue weighted by Crippen LogP contribution is -2.48. The van der Waals surface area contributed by atoms with Crippen LogP contribution in [0.2, 0.25) is 0 Å². The highest BCUT2D eigenvalue weighted by Crippen LogP contribution is 2.21. The van der Waals surface area contributed by atoms with Crippen LogP contribution >= 0.6 is 0 Å². The van der Waals surface area contributed by atoms with E-state index in [1.54, 1.807) is 28.0 Å². The number of aromatic nitrogens is 3. The summed E-state index contributed by atoms with van der Waals surface area (Å²) in [6.07, 6.45) is 5.24. The number of aryl methyl sites for hydroxylation is 2. The van der Waals surface area contributed by atoms with Crippen LogP contribution in [0, 0.1) is 6.92 Å². The van der Waals surface area contributed by atoms with Crippen LogP contribution in [0.1, 0.15) is 35.6 Å². The number of amides is 2. The monoisotopic (exact) mass is 475 g/mol. The number of anilines is 2. The molecule has 0 bridgehead atoms. The molecule has 0 saturated carbocycles. The number of rotatable bonds is 8. The molecule has 184 valence electrons. The fraction of sp³-hybridized carbons (Fsp3) is 0.385. The first kappa shape index (κ1) is 24.4. The number of piperazine rings is 1. The maximum Gasteiger partial charge on any atom is 0.247 e. The Morgan fingerprint density at radius 1 is 1.06 bits per heavy atom. The highest BCUT2D eigenvalue weighted by atomic mass is 16.2. The van der Waals surface area contributed by atoms with E-state index in [4.69, 9.17) is 0 Å². The van der Waals surface area contributed by atoms with Crippen LogP contribution in [-0.2, 0) is 16.6 Å². The molecule has 1 aliphatic heterocycles. The molecule has 1 aliphatic rings. The smallest absolute Gasteiger partial charge is 0.247 e. The molecule has 9 nitrogen and oxygen atoms in total. The summed E-state index contributed by atoms with van der Waals surface area (Å²) in [7, 11) is 3.64. The molecule has 2 atom stereocenters. The Kier molecular flexibility index (Phi) is 7.45. The van der Waals surface area contributed by atoms with Crippen LogP contribution in [0.5, 0.6) is 0 Å². The Morgan fingerprint density at radius 2 is 1.83 bits per heavy atom. The molecule has 1 aromatic carbocycles. The maximum absolute atomic E-state index is 13.3. The van der Waals surface area contributed by atoms with Gasteiger partial charge in [0.25, 0.3) is 0 Å². The normalized spacial score (nSPS) is 15.7. The Bertz CT molecular complexity index is 1160. The molecular formula is C26H33N7O2. The number of nitrogens with one attached hydrogen (secondary N) is 2. The Balaban J connectivity index is 1.42. The van der Waals surface area contributed by atoms with Crippen molar-refractivity contribution in [1.29, 1.82) is 0 Å². The minimum Gasteiger partial charge on any atom is -0.359 e. The highest BCUT2D eigenvalue weighted by molar-refractivity contribution is 5.94. The zero-order chi connectivity index (χ0) is 24.9. The lowest BCUT2D eigenvalue weighted by Gasteiger charge is -2.33. The first-order valence-electron chi connectivity index (χ1n) is 11.8. The van der Waals surface area contributed by atoms with E-state index in [1.807, 2.05) is 31.3 Å². The molecule has 2 N–H and O–H groups in total. The Labute approximate surface area is 206 Å². The van der Waals surface area contributed by atoms with E-state index in [9.17, 15) is 9.59 Å². The van der Waals surface area contributed by atoms with E-state index in [0.717, 1.165) is 17.8 Å². The number of carbonyl (C=O) groups is 2. The molecule has 0 spiro atoms. The number of likely N-dealkylation sites (N-methyl/N-ethyl adjacent to an activating group) is 1. The molecule has 3 aromatic rings. The third-order valence-electron chi connectivity index (χ3n) is 6.42. The number of benzene rings is 1. The molecule has 1 fully saturated rings. The van der Waals surface area contributed by atoms with Crippen molar-refractivity contribution in [2.45, 2.75) is 25.8 Å². The minimum absolute atomic E-state index is 0.0823. The van der Waals surface area contributed by atoms with Crippen molar-refractivity contribution < 1.29 is 9.59 Å². The highest BCUT2D eigenvalue weighted by Gasteiger charge is 2.24. The molecule has 0 radical (unpaired) electrons. The second kappa shape index (κ2) is 10.7. The fourth-order valence-corrected chi connectivity index (χ4v) is 4.08. The summed E-state index contributed by atoms with van der Waals surface area (Å²) in [6, 6.07) is 11.5. The summed E-state index contributed by atoms with van der Waals surface area (Å²) >= 11 is 0. The summed E-state index contributed by atoms with van der Waals surface area (Å²) in [4.78, 5) is 33.4. The standard InChI is InChI=1S/C26H33N7O2/c1-18-5-7-20(8-6-18)19(2)13-28-25(21-14-29-32(4)16-21)26(35)30-23-10-9-22(15-27-23)33-12-11-31(3)24(34)17-33/h5-10,14-16,19,25,28H,11-13,17H2,1-4H3,(H,27,30,35)/t19-,25+/m0/s1. The largest absolute Gasteiger partial charge is 0.359 e. The number of hydrogen-bond donors (Lipinski definition) is 2. The van der Waals surface area contributed by atoms with Gasteiger partial charge in [0, 0.05) is 45.5 Å². The predicted molar refractivity (Wildman–Crippen MR) is 136 cm³/mol. The summed E-state index contributed by atoms with van der Waals surface area (Å²) in [5, 5.41) is 10.6. The van der Waals surface area contributed by atoms with E-state index in [1.165, 1.54) is 11.1 Å². The number of pyridine rings is 1. The molecule has 9 heteroatoms. The summed E-state index contributed by atoms with van der Waals surface area (Å²) in [5.41, 5.74) is 4.08. The summed E-state index contributed by atoms with van der Waals surface area (Å²) in [6.45, 7) is 6.59. The van der Waals surface area contributed by atoms with Gasteiger partial charge in [-0.2, -0.15) is 5.10 Å². The van der Waals surface area contributed by atoms with Gasteiger partial charge in [0.15, 0.2) is 0 Å². The summed E-state index contributed by atoms with van der Waals surface area (Å²) < 4.78 is 1.69. The van der Waals surface area contributed by atoms with Gasteiger partial charge in [-0.05, 0) is 30.5 Å². The Morgan fingerprint density at radius 3 is 2.46 bits per heavy atom. The molecule has 0 aliphatic carbocycles. The number of hydrogen-bond acceptors (Lipinski definition) is 6. The van der Waals surface area contributed by atoms with Crippen LogP contribution in [0.15, 0.2) is 55.0 Å². The second-order valence-electron chi connectivity index (χ2n) is 9.23. The predicted octanol–water partition coefficient (Wildman–Crippen LogP) is 2.48. The van der Waals surface area contributed by atoms with Crippen LogP contribution in [-0.4, -0.2) is 64.7 Å². The van der Waals surface area contributed by atoms with Crippen LogP contribution in [0.4, 0.5) is 11.5 Å². The molecule has 0 unspecified atom stereocenters. The number of nitrogens with zero attached hydrogens (tertiary/aromatic N) is 5. The quantitative estimate of drug-likeness (QED) is 0.520. The van der Waals surface area contributed by atoms with E-state index in [2.05, 4.69) is 58.8 Å². The second-order valence-corrected chi connectivity index (χ2v) is 9.23. The van der Waals surface area contributed by atoms with Crippen molar-refractivity contribution in [2.75, 3.05) is 43.4 Å². The molecule has 1 saturated heterocycles. The van der Waals surface area contributed by atoms with Gasteiger partial charge >= 0.3 is 0 Å². The zero-order valence-corrected chi connectivity index (χ0v) is 20.7. The first-order valence-corrected chi connectivity index (χ1v) is 11.8. The minimum atomic E-state index is -0.576. The van der Waals surface area contributed by atoms with Crippen LogP contribution in [0.25, 0.3) is 0 Å². The zero-order valence-electron chi connectivity index (χ0n) is 20.7. The summed E-state index contributed by atoms with van der Waals surface area (Å²) in [5.74, 6) is 0.566. The van der Waals surface area contributed by atoms with Gasteiger partial charge in [0.05, 0.1) is 24.6 Å². The van der Waals surface area contributed by atoms with E-state index in [0.29, 0.717) is 25.5 Å². The van der Waals surface area contributed by atoms with Crippen molar-refractivity contribution in [1.82, 2.24) is 25.0 Å². The van der Waals surface area contributed by atoms with Gasteiger partial charge < -0.3 is 20.4 Å². The topological polar surface area (TPSA) is 95.4 Å². The van der Waals surface area contributed by atoms with Crippen LogP contribution in [0.3, 0.4) is 0 Å². The van der Waals surface area contributed by atoms with Gasteiger partial charge in [0.2, 0.25) is 11.8 Å².